The highest BCUT2D eigenvalue weighted by Gasteiger charge is 2.18. The van der Waals surface area contributed by atoms with Crippen LogP contribution in [0.4, 0.5) is 11.6 Å². The molecule has 0 saturated carbocycles. The van der Waals surface area contributed by atoms with Crippen LogP contribution >= 0.6 is 0 Å². The molecular weight excluding hydrogens is 230 g/mol. The Morgan fingerprint density at radius 2 is 2.06 bits per heavy atom. The maximum Gasteiger partial charge on any atom is 0.222 e. The van der Waals surface area contributed by atoms with Crippen LogP contribution in [0.3, 0.4) is 0 Å². The van der Waals surface area contributed by atoms with E-state index in [9.17, 15) is 4.79 Å². The van der Waals surface area contributed by atoms with Crippen molar-refractivity contribution in [2.24, 2.45) is 5.73 Å². The molecule has 1 aromatic rings. The van der Waals surface area contributed by atoms with E-state index in [-0.39, 0.29) is 5.91 Å². The Kier molecular flexibility index (Phi) is 3.99. The van der Waals surface area contributed by atoms with Crippen LogP contribution in [-0.2, 0) is 4.79 Å². The largest absolute Gasteiger partial charge is 0.384 e. The van der Waals surface area contributed by atoms with Gasteiger partial charge in [0.15, 0.2) is 0 Å². The molecule has 1 radical (unpaired) electrons. The minimum absolute atomic E-state index is 0.366. The Morgan fingerprint density at radius 1 is 1.33 bits per heavy atom. The molecule has 2 rings (SSSR count). The summed E-state index contributed by atoms with van der Waals surface area (Å²) in [4.78, 5) is 19.3. The number of nitrogens with zero attached hydrogens (tertiary/aromatic N) is 3. The van der Waals surface area contributed by atoms with Crippen LogP contribution in [0, 0.1) is 6.42 Å². The highest BCUT2D eigenvalue weighted by molar-refractivity contribution is 5.83. The van der Waals surface area contributed by atoms with E-state index in [1.807, 2.05) is 12.1 Å². The van der Waals surface area contributed by atoms with Crippen LogP contribution in [-0.4, -0.2) is 48.5 Å². The van der Waals surface area contributed by atoms with E-state index in [0.717, 1.165) is 32.0 Å². The highest BCUT2D eigenvalue weighted by Crippen LogP contribution is 2.14. The Labute approximate surface area is 107 Å². The van der Waals surface area contributed by atoms with Crippen LogP contribution < -0.4 is 16.4 Å². The number of hydrogen-bond acceptors (Lipinski definition) is 5. The molecule has 0 atom stereocenters. The summed E-state index contributed by atoms with van der Waals surface area (Å²) in [5.74, 6) is 1.08. The molecule has 1 amide bonds. The quantitative estimate of drug-likeness (QED) is 0.748. The van der Waals surface area contributed by atoms with Crippen molar-refractivity contribution in [1.82, 2.24) is 9.88 Å². The number of piperazine rings is 1. The fraction of sp³-hybridized carbons (Fsp3) is 0.417. The predicted molar refractivity (Wildman–Crippen MR) is 70.8 cm³/mol. The molecule has 0 aromatic carbocycles. The third-order valence-electron chi connectivity index (χ3n) is 3.00. The van der Waals surface area contributed by atoms with E-state index < -0.39 is 0 Å². The predicted octanol–water partition coefficient (Wildman–Crippen LogP) is -0.525. The van der Waals surface area contributed by atoms with Gasteiger partial charge in [0.2, 0.25) is 5.91 Å². The number of carbonyl (C=O) groups excluding carboxylic acids is 1. The number of nitrogens with two attached hydrogens (primary N) is 2. The van der Waals surface area contributed by atoms with Gasteiger partial charge in [0.1, 0.15) is 11.6 Å². The third kappa shape index (κ3) is 3.33. The summed E-state index contributed by atoms with van der Waals surface area (Å²) in [5, 5.41) is 0. The van der Waals surface area contributed by atoms with E-state index in [2.05, 4.69) is 14.8 Å². The van der Waals surface area contributed by atoms with Crippen molar-refractivity contribution < 1.29 is 4.79 Å². The van der Waals surface area contributed by atoms with Crippen LogP contribution in [0.15, 0.2) is 18.2 Å². The maximum atomic E-state index is 10.7. The smallest absolute Gasteiger partial charge is 0.222 e. The molecule has 2 heterocycles. The van der Waals surface area contributed by atoms with Gasteiger partial charge in [0.05, 0.1) is 6.42 Å². The summed E-state index contributed by atoms with van der Waals surface area (Å²) < 4.78 is 0. The SMILES string of the molecule is NC(=O)[CH]CN1CCN(c2cccc(N)n2)CC1. The van der Waals surface area contributed by atoms with E-state index in [1.54, 1.807) is 6.07 Å². The summed E-state index contributed by atoms with van der Waals surface area (Å²) in [6.07, 6.45) is 1.51. The molecule has 6 heteroatoms. The molecule has 97 valence electrons. The molecule has 0 spiro atoms. The molecule has 1 aliphatic heterocycles. The number of aromatic nitrogens is 1. The van der Waals surface area contributed by atoms with Gasteiger partial charge in [0, 0.05) is 32.7 Å². The fourth-order valence-electron chi connectivity index (χ4n) is 1.99. The van der Waals surface area contributed by atoms with Gasteiger partial charge in [-0.3, -0.25) is 9.69 Å². The lowest BCUT2D eigenvalue weighted by Crippen LogP contribution is -2.47. The fourth-order valence-corrected chi connectivity index (χ4v) is 1.99. The van der Waals surface area contributed by atoms with E-state index in [0.29, 0.717) is 12.4 Å². The van der Waals surface area contributed by atoms with Crippen molar-refractivity contribution in [3.05, 3.63) is 24.6 Å². The molecule has 1 aliphatic rings. The average Bonchev–Trinajstić information content (AvgIpc) is 2.37. The van der Waals surface area contributed by atoms with Gasteiger partial charge in [-0.25, -0.2) is 4.98 Å². The minimum Gasteiger partial charge on any atom is -0.384 e. The van der Waals surface area contributed by atoms with E-state index in [4.69, 9.17) is 11.5 Å². The number of rotatable bonds is 4. The van der Waals surface area contributed by atoms with Gasteiger partial charge >= 0.3 is 0 Å². The second-order valence-corrected chi connectivity index (χ2v) is 4.31. The molecule has 0 bridgehead atoms. The summed E-state index contributed by atoms with van der Waals surface area (Å²) in [7, 11) is 0. The Balaban J connectivity index is 1.85. The topological polar surface area (TPSA) is 88.5 Å². The van der Waals surface area contributed by atoms with E-state index >= 15 is 0 Å². The van der Waals surface area contributed by atoms with Gasteiger partial charge in [0.25, 0.3) is 0 Å². The van der Waals surface area contributed by atoms with Crippen molar-refractivity contribution in [2.45, 2.75) is 0 Å². The third-order valence-corrected chi connectivity index (χ3v) is 3.00. The Bertz CT molecular complexity index is 415. The maximum absolute atomic E-state index is 10.7. The average molecular weight is 248 g/mol. The zero-order valence-electron chi connectivity index (χ0n) is 10.2. The summed E-state index contributed by atoms with van der Waals surface area (Å²) >= 11 is 0. The van der Waals surface area contributed by atoms with Crippen LogP contribution in [0.25, 0.3) is 0 Å². The second kappa shape index (κ2) is 5.68. The van der Waals surface area contributed by atoms with E-state index in [1.165, 1.54) is 6.42 Å². The number of amides is 1. The lowest BCUT2D eigenvalue weighted by atomic mass is 10.2. The van der Waals surface area contributed by atoms with Crippen LogP contribution in [0.5, 0.6) is 0 Å². The van der Waals surface area contributed by atoms with Crippen molar-refractivity contribution in [3.8, 4) is 0 Å². The molecule has 1 saturated heterocycles. The first-order valence-corrected chi connectivity index (χ1v) is 5.97. The van der Waals surface area contributed by atoms with Crippen molar-refractivity contribution in [1.29, 1.82) is 0 Å². The second-order valence-electron chi connectivity index (χ2n) is 4.31. The van der Waals surface area contributed by atoms with Crippen molar-refractivity contribution >= 4 is 17.5 Å². The molecule has 1 fully saturated rings. The van der Waals surface area contributed by atoms with Crippen molar-refractivity contribution in [3.63, 3.8) is 0 Å². The van der Waals surface area contributed by atoms with Gasteiger partial charge < -0.3 is 16.4 Å². The number of nitrogen functional groups attached to an aromatic ring is 1. The molecule has 0 unspecified atom stereocenters. The first-order chi connectivity index (χ1) is 8.65. The number of anilines is 2. The zero-order valence-corrected chi connectivity index (χ0v) is 10.2. The van der Waals surface area contributed by atoms with Crippen molar-refractivity contribution in [2.75, 3.05) is 43.4 Å². The normalized spacial score (nSPS) is 16.8. The number of pyridine rings is 1. The van der Waals surface area contributed by atoms with Crippen LogP contribution in [0.1, 0.15) is 0 Å². The molecule has 0 aliphatic carbocycles. The van der Waals surface area contributed by atoms with Gasteiger partial charge in [-0.05, 0) is 12.1 Å². The molecule has 4 N–H and O–H groups in total. The van der Waals surface area contributed by atoms with Gasteiger partial charge in [-0.1, -0.05) is 6.07 Å². The molecule has 6 nitrogen and oxygen atoms in total. The minimum atomic E-state index is -0.366. The first kappa shape index (κ1) is 12.6. The van der Waals surface area contributed by atoms with Gasteiger partial charge in [-0.15, -0.1) is 0 Å². The lowest BCUT2D eigenvalue weighted by molar-refractivity contribution is -0.115. The Hall–Kier alpha value is -1.82. The lowest BCUT2D eigenvalue weighted by Gasteiger charge is -2.35. The monoisotopic (exact) mass is 248 g/mol. The number of carbonyl (C=O) groups is 1. The molecule has 18 heavy (non-hydrogen) atoms. The van der Waals surface area contributed by atoms with Crippen LogP contribution in [0.2, 0.25) is 0 Å². The number of hydrogen-bond donors (Lipinski definition) is 2. The summed E-state index contributed by atoms with van der Waals surface area (Å²) in [6.45, 7) is 4.15. The summed E-state index contributed by atoms with van der Waals surface area (Å²) in [6, 6.07) is 5.65. The first-order valence-electron chi connectivity index (χ1n) is 5.97. The highest BCUT2D eigenvalue weighted by atomic mass is 16.1. The number of primary amides is 1. The van der Waals surface area contributed by atoms with Gasteiger partial charge in [-0.2, -0.15) is 0 Å². The molecule has 1 aromatic heterocycles. The molecular formula is C12H18N5O. The summed E-state index contributed by atoms with van der Waals surface area (Å²) in [5.41, 5.74) is 10.8. The zero-order chi connectivity index (χ0) is 13.0. The Morgan fingerprint density at radius 3 is 2.67 bits per heavy atom. The standard InChI is InChI=1S/C12H18N5O/c13-10-2-1-3-12(15-10)17-8-6-16(7-9-17)5-4-11(14)18/h1-4H,5-9H2,(H2,13,15)(H2,14,18).